The molecule has 0 unspecified atom stereocenters. The fraction of sp³-hybridized carbons (Fsp3) is 0.722. The van der Waals surface area contributed by atoms with E-state index in [0.29, 0.717) is 18.4 Å². The largest absolute Gasteiger partial charge is 0.310 e. The lowest BCUT2D eigenvalue weighted by molar-refractivity contribution is -0.127. The Bertz CT molecular complexity index is 646. The van der Waals surface area contributed by atoms with Gasteiger partial charge < -0.3 is 4.90 Å². The van der Waals surface area contributed by atoms with Gasteiger partial charge in [-0.15, -0.1) is 11.3 Å². The second-order valence-corrected chi connectivity index (χ2v) is 8.40. The SMILES string of the molecule is N#CN1CC[C@@H]2CCN(c3ncc(C4CCCCC4)s3)C(=O)[C@@H]2C1. The van der Waals surface area contributed by atoms with Crippen molar-refractivity contribution in [1.29, 1.82) is 5.26 Å². The van der Waals surface area contributed by atoms with Gasteiger partial charge in [-0.25, -0.2) is 4.98 Å². The molecule has 2 saturated heterocycles. The molecule has 24 heavy (non-hydrogen) atoms. The first-order valence-corrected chi connectivity index (χ1v) is 9.99. The molecule has 1 aliphatic carbocycles. The number of nitrogens with zero attached hydrogens (tertiary/aromatic N) is 4. The van der Waals surface area contributed by atoms with Crippen LogP contribution in [-0.2, 0) is 4.79 Å². The van der Waals surface area contributed by atoms with Crippen molar-refractivity contribution in [2.24, 2.45) is 11.8 Å². The third-order valence-electron chi connectivity index (χ3n) is 5.95. The standard InChI is InChI=1S/C18H24N4OS/c19-12-21-8-6-13-7-9-22(17(23)15(13)11-21)18-20-10-16(24-18)14-4-2-1-3-5-14/h10,13-15H,1-9,11H2/t13-,15-/m1/s1. The highest BCUT2D eigenvalue weighted by molar-refractivity contribution is 7.15. The Morgan fingerprint density at radius 3 is 2.75 bits per heavy atom. The molecule has 1 amide bonds. The molecule has 3 aliphatic rings. The summed E-state index contributed by atoms with van der Waals surface area (Å²) in [7, 11) is 0. The molecule has 128 valence electrons. The van der Waals surface area contributed by atoms with Crippen molar-refractivity contribution in [1.82, 2.24) is 9.88 Å². The molecular weight excluding hydrogens is 320 g/mol. The van der Waals surface area contributed by atoms with E-state index in [-0.39, 0.29) is 11.8 Å². The third kappa shape index (κ3) is 2.90. The third-order valence-corrected chi connectivity index (χ3v) is 7.14. The van der Waals surface area contributed by atoms with Crippen molar-refractivity contribution in [3.8, 4) is 6.19 Å². The number of amides is 1. The predicted octanol–water partition coefficient (Wildman–Crippen LogP) is 3.35. The number of piperidine rings is 2. The van der Waals surface area contributed by atoms with Gasteiger partial charge in [0.05, 0.1) is 5.92 Å². The van der Waals surface area contributed by atoms with E-state index in [1.54, 1.807) is 16.2 Å². The van der Waals surface area contributed by atoms with E-state index in [1.165, 1.54) is 37.0 Å². The lowest BCUT2D eigenvalue weighted by Gasteiger charge is -2.41. The van der Waals surface area contributed by atoms with Gasteiger partial charge in [0.15, 0.2) is 11.3 Å². The van der Waals surface area contributed by atoms with Crippen molar-refractivity contribution in [2.75, 3.05) is 24.5 Å². The Morgan fingerprint density at radius 1 is 1.17 bits per heavy atom. The molecule has 0 spiro atoms. The van der Waals surface area contributed by atoms with Crippen LogP contribution in [-0.4, -0.2) is 35.4 Å². The number of carbonyl (C=O) groups is 1. The maximum absolute atomic E-state index is 13.0. The Labute approximate surface area is 147 Å². The number of likely N-dealkylation sites (tertiary alicyclic amines) is 1. The zero-order valence-corrected chi connectivity index (χ0v) is 14.8. The van der Waals surface area contributed by atoms with Crippen LogP contribution in [0.25, 0.3) is 0 Å². The van der Waals surface area contributed by atoms with E-state index in [1.807, 2.05) is 11.1 Å². The van der Waals surface area contributed by atoms with Crippen LogP contribution in [0.4, 0.5) is 5.13 Å². The molecular formula is C18H24N4OS. The quantitative estimate of drug-likeness (QED) is 0.772. The zero-order valence-electron chi connectivity index (χ0n) is 14.0. The number of anilines is 1. The number of thiazole rings is 1. The van der Waals surface area contributed by atoms with Gasteiger partial charge in [0.1, 0.15) is 0 Å². The lowest BCUT2D eigenvalue weighted by atomic mass is 9.80. The average Bonchev–Trinajstić information content (AvgIpc) is 3.12. The van der Waals surface area contributed by atoms with Crippen LogP contribution in [0.1, 0.15) is 55.7 Å². The molecule has 0 N–H and O–H groups in total. The highest BCUT2D eigenvalue weighted by atomic mass is 32.1. The van der Waals surface area contributed by atoms with Crippen molar-refractivity contribution in [3.63, 3.8) is 0 Å². The molecule has 0 bridgehead atoms. The van der Waals surface area contributed by atoms with Crippen molar-refractivity contribution in [3.05, 3.63) is 11.1 Å². The molecule has 1 aromatic rings. The average molecular weight is 344 g/mol. The van der Waals surface area contributed by atoms with Gasteiger partial charge in [-0.2, -0.15) is 5.26 Å². The molecule has 6 heteroatoms. The number of hydrogen-bond acceptors (Lipinski definition) is 5. The molecule has 3 fully saturated rings. The van der Waals surface area contributed by atoms with E-state index in [9.17, 15) is 4.79 Å². The number of fused-ring (bicyclic) bond motifs is 1. The zero-order chi connectivity index (χ0) is 16.5. The van der Waals surface area contributed by atoms with Gasteiger partial charge in [0, 0.05) is 30.7 Å². The molecule has 1 aromatic heterocycles. The van der Waals surface area contributed by atoms with Crippen molar-refractivity contribution in [2.45, 2.75) is 50.9 Å². The van der Waals surface area contributed by atoms with Crippen LogP contribution >= 0.6 is 11.3 Å². The second kappa shape index (κ2) is 6.72. The molecule has 5 nitrogen and oxygen atoms in total. The van der Waals surface area contributed by atoms with Crippen molar-refractivity contribution >= 4 is 22.4 Å². The van der Waals surface area contributed by atoms with Gasteiger partial charge in [-0.3, -0.25) is 9.69 Å². The second-order valence-electron chi connectivity index (χ2n) is 7.36. The van der Waals surface area contributed by atoms with E-state index in [2.05, 4.69) is 11.2 Å². The number of nitriles is 1. The Balaban J connectivity index is 1.49. The van der Waals surface area contributed by atoms with Crippen molar-refractivity contribution < 1.29 is 4.79 Å². The van der Waals surface area contributed by atoms with Crippen LogP contribution in [0.15, 0.2) is 6.20 Å². The number of hydrogen-bond donors (Lipinski definition) is 0. The summed E-state index contributed by atoms with van der Waals surface area (Å²) >= 11 is 1.71. The maximum atomic E-state index is 13.0. The van der Waals surface area contributed by atoms with E-state index in [0.717, 1.165) is 31.1 Å². The summed E-state index contributed by atoms with van der Waals surface area (Å²) in [4.78, 5) is 22.5. The summed E-state index contributed by atoms with van der Waals surface area (Å²) in [6.07, 6.45) is 12.7. The molecule has 2 aliphatic heterocycles. The maximum Gasteiger partial charge on any atom is 0.233 e. The summed E-state index contributed by atoms with van der Waals surface area (Å²) in [5.74, 6) is 1.22. The highest BCUT2D eigenvalue weighted by Crippen LogP contribution is 2.40. The predicted molar refractivity (Wildman–Crippen MR) is 93.7 cm³/mol. The molecule has 2 atom stereocenters. The molecule has 0 radical (unpaired) electrons. The molecule has 0 aromatic carbocycles. The normalized spacial score (nSPS) is 28.5. The first kappa shape index (κ1) is 15.9. The minimum absolute atomic E-state index is 0.0332. The summed E-state index contributed by atoms with van der Waals surface area (Å²) in [5, 5.41) is 10.0. The summed E-state index contributed by atoms with van der Waals surface area (Å²) in [5.41, 5.74) is 0. The summed E-state index contributed by atoms with van der Waals surface area (Å²) in [6, 6.07) is 0. The molecule has 4 rings (SSSR count). The van der Waals surface area contributed by atoms with Crippen LogP contribution in [0.3, 0.4) is 0 Å². The fourth-order valence-electron chi connectivity index (χ4n) is 4.49. The smallest absolute Gasteiger partial charge is 0.233 e. The van der Waals surface area contributed by atoms with Crippen LogP contribution in [0.2, 0.25) is 0 Å². The Kier molecular flexibility index (Phi) is 4.45. The van der Waals surface area contributed by atoms with Crippen LogP contribution < -0.4 is 4.90 Å². The van der Waals surface area contributed by atoms with E-state index in [4.69, 9.17) is 5.26 Å². The highest BCUT2D eigenvalue weighted by Gasteiger charge is 2.41. The first-order valence-electron chi connectivity index (χ1n) is 9.18. The molecule has 1 saturated carbocycles. The van der Waals surface area contributed by atoms with Gasteiger partial charge in [-0.05, 0) is 37.5 Å². The molecule has 3 heterocycles. The fourth-order valence-corrected chi connectivity index (χ4v) is 5.60. The van der Waals surface area contributed by atoms with E-state index >= 15 is 0 Å². The Morgan fingerprint density at radius 2 is 1.96 bits per heavy atom. The number of carbonyl (C=O) groups excluding carboxylic acids is 1. The lowest BCUT2D eigenvalue weighted by Crippen LogP contribution is -2.52. The van der Waals surface area contributed by atoms with Gasteiger partial charge in [0.2, 0.25) is 5.91 Å². The monoisotopic (exact) mass is 344 g/mol. The minimum Gasteiger partial charge on any atom is -0.310 e. The number of aromatic nitrogens is 1. The van der Waals surface area contributed by atoms with Gasteiger partial charge >= 0.3 is 0 Å². The Hall–Kier alpha value is -1.61. The first-order chi connectivity index (χ1) is 11.8. The van der Waals surface area contributed by atoms with Gasteiger partial charge in [0.25, 0.3) is 0 Å². The van der Waals surface area contributed by atoms with Crippen LogP contribution in [0, 0.1) is 23.3 Å². The summed E-state index contributed by atoms with van der Waals surface area (Å²) < 4.78 is 0. The van der Waals surface area contributed by atoms with Gasteiger partial charge in [-0.1, -0.05) is 19.3 Å². The summed E-state index contributed by atoms with van der Waals surface area (Å²) in [6.45, 7) is 2.16. The number of rotatable bonds is 2. The topological polar surface area (TPSA) is 60.2 Å². The van der Waals surface area contributed by atoms with Crippen LogP contribution in [0.5, 0.6) is 0 Å². The minimum atomic E-state index is -0.0332. The van der Waals surface area contributed by atoms with E-state index < -0.39 is 0 Å².